The van der Waals surface area contributed by atoms with Gasteiger partial charge in [0.2, 0.25) is 0 Å². The van der Waals surface area contributed by atoms with Crippen molar-refractivity contribution in [3.63, 3.8) is 0 Å². The van der Waals surface area contributed by atoms with Gasteiger partial charge in [0.05, 0.1) is 0 Å². The highest BCUT2D eigenvalue weighted by Crippen LogP contribution is 2.56. The van der Waals surface area contributed by atoms with Gasteiger partial charge in [-0.2, -0.15) is 0 Å². The van der Waals surface area contributed by atoms with Crippen LogP contribution in [-0.4, -0.2) is 28.7 Å². The Bertz CT molecular complexity index is 255. The maximum atomic E-state index is 14.6. The van der Waals surface area contributed by atoms with E-state index in [1.54, 1.807) is 0 Å². The summed E-state index contributed by atoms with van der Waals surface area (Å²) in [5.41, 5.74) is -0.545. The average Bonchev–Trinajstić information content (AvgIpc) is 2.73. The molecule has 0 aromatic carbocycles. The van der Waals surface area contributed by atoms with Crippen molar-refractivity contribution in [2.45, 2.75) is 69.1 Å². The van der Waals surface area contributed by atoms with Gasteiger partial charge in [-0.15, -0.1) is 0 Å². The third-order valence-electron chi connectivity index (χ3n) is 4.97. The molecule has 0 radical (unpaired) electrons. The summed E-state index contributed by atoms with van der Waals surface area (Å²) in [6, 6.07) is 0.282. The van der Waals surface area contributed by atoms with E-state index < -0.39 is 5.67 Å². The van der Waals surface area contributed by atoms with Crippen molar-refractivity contribution in [3.05, 3.63) is 0 Å². The normalized spacial score (nSPS) is 52.3. The highest BCUT2D eigenvalue weighted by atomic mass is 19.1. The molecule has 0 spiro atoms. The quantitative estimate of drug-likeness (QED) is 0.624. The van der Waals surface area contributed by atoms with E-state index in [4.69, 9.17) is 0 Å². The second-order valence-corrected chi connectivity index (χ2v) is 5.49. The van der Waals surface area contributed by atoms with Crippen LogP contribution < -0.4 is 0 Å². The average molecular weight is 197 g/mol. The Morgan fingerprint density at radius 3 is 3.00 bits per heavy atom. The van der Waals surface area contributed by atoms with Gasteiger partial charge in [0.25, 0.3) is 0 Å². The summed E-state index contributed by atoms with van der Waals surface area (Å²) in [7, 11) is 0. The van der Waals surface area contributed by atoms with Crippen LogP contribution in [0.25, 0.3) is 0 Å². The molecule has 80 valence electrons. The molecule has 2 heteroatoms. The van der Waals surface area contributed by atoms with Crippen LogP contribution in [0.1, 0.15) is 51.9 Å². The topological polar surface area (TPSA) is 3.24 Å². The summed E-state index contributed by atoms with van der Waals surface area (Å²) < 4.78 is 14.6. The van der Waals surface area contributed by atoms with E-state index in [9.17, 15) is 4.39 Å². The number of nitrogens with zero attached hydrogens (tertiary/aromatic N) is 1. The van der Waals surface area contributed by atoms with Crippen LogP contribution in [0.15, 0.2) is 0 Å². The molecule has 3 aliphatic rings. The highest BCUT2D eigenvalue weighted by molar-refractivity contribution is 5.16. The minimum atomic E-state index is -0.809. The zero-order valence-corrected chi connectivity index (χ0v) is 9.06. The molecule has 3 rings (SSSR count). The van der Waals surface area contributed by atoms with Crippen LogP contribution in [0, 0.1) is 0 Å². The summed E-state index contributed by atoms with van der Waals surface area (Å²) >= 11 is 0. The fraction of sp³-hybridized carbons (Fsp3) is 1.00. The van der Waals surface area contributed by atoms with Gasteiger partial charge in [0.15, 0.2) is 0 Å². The zero-order valence-electron chi connectivity index (χ0n) is 9.06. The lowest BCUT2D eigenvalue weighted by atomic mass is 9.85. The minimum Gasteiger partial charge on any atom is -0.291 e. The molecule has 0 aromatic heterocycles. The molecule has 2 saturated heterocycles. The molecule has 2 aliphatic heterocycles. The second-order valence-electron chi connectivity index (χ2n) is 5.49. The fourth-order valence-electron chi connectivity index (χ4n) is 4.34. The van der Waals surface area contributed by atoms with Gasteiger partial charge in [-0.25, -0.2) is 4.39 Å². The number of rotatable bonds is 1. The summed E-state index contributed by atoms with van der Waals surface area (Å²) in [5.74, 6) is 0. The summed E-state index contributed by atoms with van der Waals surface area (Å²) in [6.45, 7) is 3.40. The Hall–Kier alpha value is -0.110. The van der Waals surface area contributed by atoms with E-state index in [2.05, 4.69) is 11.8 Å². The number of hydrogen-bond donors (Lipinski definition) is 0. The van der Waals surface area contributed by atoms with Crippen LogP contribution in [0.2, 0.25) is 0 Å². The van der Waals surface area contributed by atoms with E-state index in [0.717, 1.165) is 38.6 Å². The lowest BCUT2D eigenvalue weighted by Gasteiger charge is -2.33. The van der Waals surface area contributed by atoms with Crippen molar-refractivity contribution >= 4 is 0 Å². The molecule has 0 N–H and O–H groups in total. The molecular weight excluding hydrogens is 177 g/mol. The van der Waals surface area contributed by atoms with Crippen molar-refractivity contribution in [2.75, 3.05) is 6.54 Å². The summed E-state index contributed by atoms with van der Waals surface area (Å²) in [5, 5.41) is 0. The van der Waals surface area contributed by atoms with Crippen LogP contribution in [0.5, 0.6) is 0 Å². The molecule has 14 heavy (non-hydrogen) atoms. The summed E-state index contributed by atoms with van der Waals surface area (Å²) in [4.78, 5) is 2.53. The number of hydrogen-bond acceptors (Lipinski definition) is 1. The zero-order chi connectivity index (χ0) is 9.81. The SMILES string of the molecule is CC[C@@]12CCCN1[C@@H]1CCC[C@]1(F)C2. The van der Waals surface area contributed by atoms with Crippen molar-refractivity contribution in [3.8, 4) is 0 Å². The number of alkyl halides is 1. The molecule has 0 unspecified atom stereocenters. The van der Waals surface area contributed by atoms with E-state index in [-0.39, 0.29) is 11.6 Å². The molecule has 1 nitrogen and oxygen atoms in total. The Labute approximate surface area is 85.7 Å². The molecule has 0 aromatic rings. The van der Waals surface area contributed by atoms with E-state index in [0.29, 0.717) is 0 Å². The van der Waals surface area contributed by atoms with Crippen LogP contribution in [-0.2, 0) is 0 Å². The second kappa shape index (κ2) is 2.72. The molecule has 1 saturated carbocycles. The van der Waals surface area contributed by atoms with Gasteiger partial charge >= 0.3 is 0 Å². The largest absolute Gasteiger partial charge is 0.291 e. The maximum Gasteiger partial charge on any atom is 0.128 e. The summed E-state index contributed by atoms with van der Waals surface area (Å²) in [6.07, 6.45) is 7.56. The molecular formula is C12H20FN. The standard InChI is InChI=1S/C12H20FN/c1-2-11-6-4-8-14(11)10-5-3-7-12(10,13)9-11/h10H,2-9H2,1H3/t10-,11+,12+/m1/s1. The van der Waals surface area contributed by atoms with E-state index in [1.165, 1.54) is 12.8 Å². The fourth-order valence-corrected chi connectivity index (χ4v) is 4.34. The predicted molar refractivity (Wildman–Crippen MR) is 55.1 cm³/mol. The molecule has 3 atom stereocenters. The molecule has 2 heterocycles. The molecule has 0 bridgehead atoms. The van der Waals surface area contributed by atoms with E-state index in [1.807, 2.05) is 0 Å². The Morgan fingerprint density at radius 2 is 2.21 bits per heavy atom. The molecule has 3 fully saturated rings. The smallest absolute Gasteiger partial charge is 0.128 e. The Morgan fingerprint density at radius 1 is 1.36 bits per heavy atom. The predicted octanol–water partition coefficient (Wildman–Crippen LogP) is 2.90. The van der Waals surface area contributed by atoms with E-state index >= 15 is 0 Å². The number of halogens is 1. The first-order chi connectivity index (χ1) is 6.70. The highest BCUT2D eigenvalue weighted by Gasteiger charge is 2.62. The lowest BCUT2D eigenvalue weighted by Crippen LogP contribution is -2.42. The maximum absolute atomic E-state index is 14.6. The van der Waals surface area contributed by atoms with Gasteiger partial charge in [-0.3, -0.25) is 4.90 Å². The van der Waals surface area contributed by atoms with Gasteiger partial charge in [-0.1, -0.05) is 6.92 Å². The molecule has 1 aliphatic carbocycles. The van der Waals surface area contributed by atoms with Crippen LogP contribution in [0.3, 0.4) is 0 Å². The number of fused-ring (bicyclic) bond motifs is 3. The van der Waals surface area contributed by atoms with Gasteiger partial charge < -0.3 is 0 Å². The first-order valence-electron chi connectivity index (χ1n) is 6.16. The minimum absolute atomic E-state index is 0.264. The molecule has 0 amide bonds. The monoisotopic (exact) mass is 197 g/mol. The third kappa shape index (κ3) is 0.932. The first-order valence-corrected chi connectivity index (χ1v) is 6.16. The van der Waals surface area contributed by atoms with Gasteiger partial charge in [0.1, 0.15) is 5.67 Å². The Balaban J connectivity index is 1.96. The van der Waals surface area contributed by atoms with Gasteiger partial charge in [-0.05, 0) is 45.1 Å². The van der Waals surface area contributed by atoms with Crippen molar-refractivity contribution in [1.82, 2.24) is 4.90 Å². The van der Waals surface area contributed by atoms with Crippen molar-refractivity contribution < 1.29 is 4.39 Å². The van der Waals surface area contributed by atoms with Crippen molar-refractivity contribution in [2.24, 2.45) is 0 Å². The van der Waals surface area contributed by atoms with Crippen molar-refractivity contribution in [1.29, 1.82) is 0 Å². The van der Waals surface area contributed by atoms with Gasteiger partial charge in [0, 0.05) is 18.0 Å². The Kier molecular flexibility index (Phi) is 1.77. The van der Waals surface area contributed by atoms with Crippen LogP contribution in [0.4, 0.5) is 4.39 Å². The first kappa shape index (κ1) is 9.14. The lowest BCUT2D eigenvalue weighted by molar-refractivity contribution is 0.116. The third-order valence-corrected chi connectivity index (χ3v) is 4.97. The van der Waals surface area contributed by atoms with Crippen LogP contribution >= 0.6 is 0 Å².